The van der Waals surface area contributed by atoms with Crippen molar-refractivity contribution in [3.8, 4) is 0 Å². The predicted molar refractivity (Wildman–Crippen MR) is 141 cm³/mol. The molecule has 1 aliphatic heterocycles. The van der Waals surface area contributed by atoms with E-state index in [1.165, 1.54) is 7.11 Å². The largest absolute Gasteiger partial charge is 0.388 e. The monoisotopic (exact) mass is 528 g/mol. The molecule has 3 aromatic rings. The quantitative estimate of drug-likeness (QED) is 0.350. The molecule has 0 bridgehead atoms. The first kappa shape index (κ1) is 27.5. The molecule has 0 saturated carbocycles. The summed E-state index contributed by atoms with van der Waals surface area (Å²) in [6.07, 6.45) is -3.39. The maximum absolute atomic E-state index is 12.6. The molecule has 4 N–H and O–H groups in total. The highest BCUT2D eigenvalue weighted by molar-refractivity contribution is 6.30. The maximum atomic E-state index is 12.6. The lowest BCUT2D eigenvalue weighted by Gasteiger charge is -2.44. The van der Waals surface area contributed by atoms with Crippen LogP contribution in [0.3, 0.4) is 0 Å². The Hall–Kier alpha value is -2.56. The van der Waals surface area contributed by atoms with Gasteiger partial charge in [-0.1, -0.05) is 60.1 Å². The Kier molecular flexibility index (Phi) is 9.88. The second kappa shape index (κ2) is 13.3. The standard InChI is InChI=1S/C28H33ClN2O6/c1-34-17-23-26(33)27(35-15-18-7-10-22(29)11-8-18)25(31-24(32)12-13-30)28(37-23)36-16-19-6-9-20-4-2-3-5-21(20)14-19/h2-11,14,23,25-28,33H,12-13,15-17,30H2,1H3,(H,31,32)/t23-,25-,26-,27+,28?/m1/s1. The van der Waals surface area contributed by atoms with Gasteiger partial charge in [0.15, 0.2) is 6.29 Å². The minimum atomic E-state index is -1.07. The lowest BCUT2D eigenvalue weighted by atomic mass is 9.96. The van der Waals surface area contributed by atoms with Crippen LogP contribution in [-0.2, 0) is 37.0 Å². The fraction of sp³-hybridized carbons (Fsp3) is 0.393. The number of hydrogen-bond acceptors (Lipinski definition) is 7. The van der Waals surface area contributed by atoms with Gasteiger partial charge < -0.3 is 35.1 Å². The Bertz CT molecular complexity index is 1160. The molecule has 1 heterocycles. The predicted octanol–water partition coefficient (Wildman–Crippen LogP) is 3.16. The summed E-state index contributed by atoms with van der Waals surface area (Å²) in [5, 5.41) is 16.9. The number of fused-ring (bicyclic) bond motifs is 1. The van der Waals surface area contributed by atoms with Crippen LogP contribution in [0.2, 0.25) is 5.02 Å². The summed E-state index contributed by atoms with van der Waals surface area (Å²) in [6.45, 7) is 0.742. The third-order valence-corrected chi connectivity index (χ3v) is 6.54. The minimum absolute atomic E-state index is 0.120. The minimum Gasteiger partial charge on any atom is -0.388 e. The highest BCUT2D eigenvalue weighted by Crippen LogP contribution is 2.27. The zero-order valence-corrected chi connectivity index (χ0v) is 21.5. The number of aliphatic hydroxyl groups is 1. The zero-order chi connectivity index (χ0) is 26.2. The normalized spacial score (nSPS) is 23.7. The molecule has 0 aliphatic carbocycles. The Balaban J connectivity index is 1.55. The van der Waals surface area contributed by atoms with Crippen molar-refractivity contribution in [2.75, 3.05) is 20.3 Å². The van der Waals surface area contributed by atoms with E-state index in [4.69, 9.17) is 36.3 Å². The molecular weight excluding hydrogens is 496 g/mol. The number of methoxy groups -OCH3 is 1. The van der Waals surface area contributed by atoms with Gasteiger partial charge in [-0.15, -0.1) is 0 Å². The number of nitrogens with two attached hydrogens (primary N) is 1. The van der Waals surface area contributed by atoms with Crippen LogP contribution >= 0.6 is 11.6 Å². The average Bonchev–Trinajstić information content (AvgIpc) is 2.90. The van der Waals surface area contributed by atoms with Gasteiger partial charge in [-0.05, 0) is 40.1 Å². The van der Waals surface area contributed by atoms with Crippen molar-refractivity contribution in [3.63, 3.8) is 0 Å². The van der Waals surface area contributed by atoms with Gasteiger partial charge in [0.2, 0.25) is 5.91 Å². The summed E-state index contributed by atoms with van der Waals surface area (Å²) in [5.74, 6) is -0.284. The molecule has 37 heavy (non-hydrogen) atoms. The van der Waals surface area contributed by atoms with Crippen molar-refractivity contribution in [1.29, 1.82) is 0 Å². The van der Waals surface area contributed by atoms with E-state index in [1.807, 2.05) is 48.5 Å². The Morgan fingerprint density at radius 1 is 1.03 bits per heavy atom. The van der Waals surface area contributed by atoms with Gasteiger partial charge >= 0.3 is 0 Å². The van der Waals surface area contributed by atoms with Crippen LogP contribution in [0.25, 0.3) is 10.8 Å². The summed E-state index contributed by atoms with van der Waals surface area (Å²) in [6, 6.07) is 20.6. The van der Waals surface area contributed by atoms with Crippen molar-refractivity contribution in [3.05, 3.63) is 82.9 Å². The molecule has 198 valence electrons. The molecular formula is C28H33ClN2O6. The molecule has 8 nitrogen and oxygen atoms in total. The molecule has 0 spiro atoms. The topological polar surface area (TPSA) is 112 Å². The van der Waals surface area contributed by atoms with Crippen molar-refractivity contribution < 1.29 is 28.8 Å². The van der Waals surface area contributed by atoms with E-state index in [9.17, 15) is 9.90 Å². The highest BCUT2D eigenvalue weighted by atomic mass is 35.5. The lowest BCUT2D eigenvalue weighted by Crippen LogP contribution is -2.65. The third kappa shape index (κ3) is 7.27. The Morgan fingerprint density at radius 2 is 1.73 bits per heavy atom. The van der Waals surface area contributed by atoms with Gasteiger partial charge in [-0.3, -0.25) is 4.79 Å². The molecule has 1 amide bonds. The molecule has 3 aromatic carbocycles. The van der Waals surface area contributed by atoms with Crippen LogP contribution < -0.4 is 11.1 Å². The van der Waals surface area contributed by atoms with E-state index in [0.717, 1.165) is 21.9 Å². The molecule has 1 fully saturated rings. The number of ether oxygens (including phenoxy) is 4. The van der Waals surface area contributed by atoms with Gasteiger partial charge in [-0.25, -0.2) is 0 Å². The number of carbonyl (C=O) groups excluding carboxylic acids is 1. The van der Waals surface area contributed by atoms with Gasteiger partial charge in [-0.2, -0.15) is 0 Å². The smallest absolute Gasteiger partial charge is 0.221 e. The van der Waals surface area contributed by atoms with Crippen LogP contribution in [0.1, 0.15) is 17.5 Å². The van der Waals surface area contributed by atoms with Crippen LogP contribution in [-0.4, -0.2) is 61.9 Å². The van der Waals surface area contributed by atoms with Crippen molar-refractivity contribution in [2.45, 2.75) is 50.3 Å². The Labute approximate surface area is 221 Å². The summed E-state index contributed by atoms with van der Waals surface area (Å²) in [4.78, 5) is 12.6. The first-order valence-electron chi connectivity index (χ1n) is 12.3. The molecule has 0 aromatic heterocycles. The first-order chi connectivity index (χ1) is 18.0. The average molecular weight is 529 g/mol. The number of benzene rings is 3. The van der Waals surface area contributed by atoms with Gasteiger partial charge in [0.25, 0.3) is 0 Å². The summed E-state index contributed by atoms with van der Waals surface area (Å²) < 4.78 is 23.7. The van der Waals surface area contributed by atoms with E-state index in [1.54, 1.807) is 12.1 Å². The molecule has 0 radical (unpaired) electrons. The zero-order valence-electron chi connectivity index (χ0n) is 20.7. The Morgan fingerprint density at radius 3 is 2.46 bits per heavy atom. The van der Waals surface area contributed by atoms with Crippen LogP contribution in [0.15, 0.2) is 66.7 Å². The van der Waals surface area contributed by atoms with Crippen molar-refractivity contribution in [2.24, 2.45) is 5.73 Å². The number of rotatable bonds is 11. The third-order valence-electron chi connectivity index (χ3n) is 6.29. The van der Waals surface area contributed by atoms with E-state index >= 15 is 0 Å². The number of amides is 1. The van der Waals surface area contributed by atoms with Crippen LogP contribution in [0.4, 0.5) is 0 Å². The van der Waals surface area contributed by atoms with Crippen LogP contribution in [0, 0.1) is 0 Å². The van der Waals surface area contributed by atoms with Crippen molar-refractivity contribution in [1.82, 2.24) is 5.32 Å². The summed E-state index contributed by atoms with van der Waals surface area (Å²) >= 11 is 6.00. The fourth-order valence-corrected chi connectivity index (χ4v) is 4.51. The second-order valence-electron chi connectivity index (χ2n) is 9.02. The van der Waals surface area contributed by atoms with E-state index in [0.29, 0.717) is 5.02 Å². The van der Waals surface area contributed by atoms with Gasteiger partial charge in [0.05, 0.1) is 19.8 Å². The van der Waals surface area contributed by atoms with E-state index in [-0.39, 0.29) is 38.7 Å². The number of hydrogen-bond donors (Lipinski definition) is 3. The lowest BCUT2D eigenvalue weighted by molar-refractivity contribution is -0.282. The van der Waals surface area contributed by atoms with Crippen LogP contribution in [0.5, 0.6) is 0 Å². The molecule has 1 aliphatic rings. The number of nitrogens with one attached hydrogen (secondary N) is 1. The maximum Gasteiger partial charge on any atom is 0.221 e. The molecule has 1 unspecified atom stereocenters. The highest BCUT2D eigenvalue weighted by Gasteiger charge is 2.47. The molecule has 4 rings (SSSR count). The van der Waals surface area contributed by atoms with Gasteiger partial charge in [0.1, 0.15) is 24.4 Å². The SMILES string of the molecule is COC[C@H]1OC(OCc2ccc3ccccc3c2)[C@H](NC(=O)CCN)[C@H](OCc2ccc(Cl)cc2)[C@@H]1O. The summed E-state index contributed by atoms with van der Waals surface area (Å²) in [7, 11) is 1.53. The van der Waals surface area contributed by atoms with Crippen molar-refractivity contribution >= 4 is 28.3 Å². The second-order valence-corrected chi connectivity index (χ2v) is 9.45. The number of carbonyl (C=O) groups is 1. The number of halogens is 1. The molecule has 9 heteroatoms. The molecule has 5 atom stereocenters. The van der Waals surface area contributed by atoms with Gasteiger partial charge in [0, 0.05) is 25.1 Å². The number of aliphatic hydroxyl groups excluding tert-OH is 1. The fourth-order valence-electron chi connectivity index (χ4n) is 4.38. The van der Waals surface area contributed by atoms with E-state index < -0.39 is 30.6 Å². The first-order valence-corrected chi connectivity index (χ1v) is 12.6. The molecule has 1 saturated heterocycles. The van der Waals surface area contributed by atoms with E-state index in [2.05, 4.69) is 11.4 Å². The summed E-state index contributed by atoms with van der Waals surface area (Å²) in [5.41, 5.74) is 7.40.